The van der Waals surface area contributed by atoms with E-state index in [4.69, 9.17) is 32.7 Å². The topological polar surface area (TPSA) is 70.9 Å². The Labute approximate surface area is 215 Å². The molecule has 8 heteroatoms. The van der Waals surface area contributed by atoms with E-state index in [1.807, 2.05) is 57.2 Å². The molecule has 4 rings (SSSR count). The molecule has 0 aromatic heterocycles. The van der Waals surface area contributed by atoms with Gasteiger partial charge in [-0.25, -0.2) is 9.98 Å². The Hall–Kier alpha value is -2.52. The van der Waals surface area contributed by atoms with Gasteiger partial charge in [-0.15, -0.1) is 0 Å². The Morgan fingerprint density at radius 1 is 0.750 bits per heavy atom. The van der Waals surface area contributed by atoms with E-state index in [0.717, 1.165) is 30.0 Å². The molecule has 194 valence electrons. The van der Waals surface area contributed by atoms with Crippen molar-refractivity contribution >= 4 is 20.6 Å². The molecular formula is C28H38N2O5Si. The standard InChI is InChI=1S/C28H38N2O5Si/c1-4-33-36(34-5-2,35-6-3)19-13-18-24(27-29-25(20-31-27)22-14-9-7-10-15-22)28-30-26(21-32-28)23-16-11-8-12-17-23/h7-12,14-17,24-26H,4-6,13,18-21H2,1-3H3/t25-,26-/m1/s1. The van der Waals surface area contributed by atoms with Gasteiger partial charge in [0.05, 0.1) is 0 Å². The predicted molar refractivity (Wildman–Crippen MR) is 143 cm³/mol. The summed E-state index contributed by atoms with van der Waals surface area (Å²) in [6.07, 6.45) is 1.59. The third kappa shape index (κ3) is 6.62. The van der Waals surface area contributed by atoms with Crippen LogP contribution < -0.4 is 0 Å². The van der Waals surface area contributed by atoms with E-state index in [1.165, 1.54) is 0 Å². The summed E-state index contributed by atoms with van der Waals surface area (Å²) in [6.45, 7) is 8.71. The van der Waals surface area contributed by atoms with Crippen LogP contribution in [0.3, 0.4) is 0 Å². The van der Waals surface area contributed by atoms with Crippen molar-refractivity contribution in [2.75, 3.05) is 33.0 Å². The molecular weight excluding hydrogens is 472 g/mol. The Balaban J connectivity index is 1.53. The molecule has 0 radical (unpaired) electrons. The van der Waals surface area contributed by atoms with E-state index in [0.29, 0.717) is 44.8 Å². The molecule has 36 heavy (non-hydrogen) atoms. The molecule has 7 nitrogen and oxygen atoms in total. The molecule has 0 N–H and O–H groups in total. The lowest BCUT2D eigenvalue weighted by atomic mass is 10.0. The van der Waals surface area contributed by atoms with E-state index in [2.05, 4.69) is 24.3 Å². The van der Waals surface area contributed by atoms with Crippen molar-refractivity contribution < 1.29 is 22.8 Å². The maximum absolute atomic E-state index is 6.17. The van der Waals surface area contributed by atoms with Gasteiger partial charge in [0.1, 0.15) is 31.2 Å². The van der Waals surface area contributed by atoms with Crippen LogP contribution in [0.25, 0.3) is 0 Å². The number of hydrogen-bond acceptors (Lipinski definition) is 7. The summed E-state index contributed by atoms with van der Waals surface area (Å²) in [4.78, 5) is 9.95. The molecule has 2 aromatic carbocycles. The van der Waals surface area contributed by atoms with Crippen molar-refractivity contribution in [3.05, 3.63) is 71.8 Å². The largest absolute Gasteiger partial charge is 0.500 e. The van der Waals surface area contributed by atoms with E-state index in [9.17, 15) is 0 Å². The average molecular weight is 511 g/mol. The molecule has 2 aliphatic rings. The molecule has 0 saturated carbocycles. The van der Waals surface area contributed by atoms with Crippen LogP contribution in [-0.2, 0) is 22.8 Å². The SMILES string of the molecule is CCO[Si](CCCC(C1=N[C@@H](c2ccccc2)CO1)C1=N[C@@H](c2ccccc2)CO1)(OCC)OCC. The maximum atomic E-state index is 6.17. The highest BCUT2D eigenvalue weighted by atomic mass is 28.4. The highest BCUT2D eigenvalue weighted by Gasteiger charge is 2.41. The second-order valence-corrected chi connectivity index (χ2v) is 11.6. The Bertz CT molecular complexity index is 919. The van der Waals surface area contributed by atoms with Crippen molar-refractivity contribution in [1.29, 1.82) is 0 Å². The monoisotopic (exact) mass is 510 g/mol. The molecule has 0 spiro atoms. The summed E-state index contributed by atoms with van der Waals surface area (Å²) in [5, 5.41) is 0. The van der Waals surface area contributed by atoms with Crippen LogP contribution in [-0.4, -0.2) is 53.6 Å². The molecule has 0 saturated heterocycles. The second-order valence-electron chi connectivity index (χ2n) is 8.84. The number of aliphatic imine (C=N–C) groups is 2. The lowest BCUT2D eigenvalue weighted by Gasteiger charge is -2.29. The Kier molecular flexibility index (Phi) is 9.69. The molecule has 0 amide bonds. The molecule has 0 unspecified atom stereocenters. The first-order valence-corrected chi connectivity index (χ1v) is 15.0. The average Bonchev–Trinajstić information content (AvgIpc) is 3.59. The van der Waals surface area contributed by atoms with Crippen LogP contribution in [0.1, 0.15) is 56.8 Å². The summed E-state index contributed by atoms with van der Waals surface area (Å²) >= 11 is 0. The van der Waals surface area contributed by atoms with Gasteiger partial charge in [0.15, 0.2) is 11.8 Å². The maximum Gasteiger partial charge on any atom is 0.500 e. The van der Waals surface area contributed by atoms with Gasteiger partial charge < -0.3 is 22.8 Å². The van der Waals surface area contributed by atoms with Gasteiger partial charge in [-0.05, 0) is 44.7 Å². The van der Waals surface area contributed by atoms with Crippen LogP contribution in [0.2, 0.25) is 6.04 Å². The minimum absolute atomic E-state index is 0.0145. The van der Waals surface area contributed by atoms with Crippen molar-refractivity contribution in [2.45, 2.75) is 51.7 Å². The van der Waals surface area contributed by atoms with Crippen molar-refractivity contribution in [3.8, 4) is 0 Å². The zero-order chi connectivity index (χ0) is 25.2. The summed E-state index contributed by atoms with van der Waals surface area (Å²) < 4.78 is 30.5. The van der Waals surface area contributed by atoms with Crippen molar-refractivity contribution in [1.82, 2.24) is 0 Å². The fourth-order valence-electron chi connectivity index (χ4n) is 4.73. The minimum atomic E-state index is -2.74. The smallest absolute Gasteiger partial charge is 0.478 e. The van der Waals surface area contributed by atoms with E-state index < -0.39 is 8.80 Å². The first-order valence-electron chi connectivity index (χ1n) is 13.1. The second kappa shape index (κ2) is 13.1. The van der Waals surface area contributed by atoms with Gasteiger partial charge >= 0.3 is 8.80 Å². The summed E-state index contributed by atoms with van der Waals surface area (Å²) in [5.41, 5.74) is 2.30. The Morgan fingerprint density at radius 2 is 1.19 bits per heavy atom. The molecule has 0 bridgehead atoms. The molecule has 0 fully saturated rings. The minimum Gasteiger partial charge on any atom is -0.478 e. The summed E-state index contributed by atoms with van der Waals surface area (Å²) in [7, 11) is -2.74. The molecule has 2 aromatic rings. The lowest BCUT2D eigenvalue weighted by Crippen LogP contribution is -2.46. The lowest BCUT2D eigenvalue weighted by molar-refractivity contribution is 0.0705. The van der Waals surface area contributed by atoms with Gasteiger partial charge in [-0.3, -0.25) is 0 Å². The van der Waals surface area contributed by atoms with Crippen molar-refractivity contribution in [3.63, 3.8) is 0 Å². The normalized spacial score (nSPS) is 19.7. The van der Waals surface area contributed by atoms with E-state index in [-0.39, 0.29) is 18.0 Å². The number of ether oxygens (including phenoxy) is 2. The van der Waals surface area contributed by atoms with Gasteiger partial charge in [0.25, 0.3) is 0 Å². The zero-order valence-electron chi connectivity index (χ0n) is 21.6. The molecule has 2 aliphatic heterocycles. The van der Waals surface area contributed by atoms with Crippen LogP contribution in [0, 0.1) is 5.92 Å². The molecule has 2 heterocycles. The predicted octanol–water partition coefficient (Wildman–Crippen LogP) is 5.77. The number of rotatable bonds is 14. The zero-order valence-corrected chi connectivity index (χ0v) is 22.6. The van der Waals surface area contributed by atoms with Crippen LogP contribution >= 0.6 is 0 Å². The number of hydrogen-bond donors (Lipinski definition) is 0. The first-order chi connectivity index (χ1) is 17.7. The van der Waals surface area contributed by atoms with Crippen LogP contribution in [0.5, 0.6) is 0 Å². The summed E-state index contributed by atoms with van der Waals surface area (Å²) in [5.74, 6) is 1.25. The quantitative estimate of drug-likeness (QED) is 0.302. The van der Waals surface area contributed by atoms with E-state index >= 15 is 0 Å². The van der Waals surface area contributed by atoms with Gasteiger partial charge in [-0.1, -0.05) is 60.7 Å². The van der Waals surface area contributed by atoms with Crippen LogP contribution in [0.4, 0.5) is 0 Å². The first kappa shape index (κ1) is 26.5. The van der Waals surface area contributed by atoms with E-state index in [1.54, 1.807) is 0 Å². The highest BCUT2D eigenvalue weighted by Crippen LogP contribution is 2.32. The number of nitrogens with zero attached hydrogens (tertiary/aromatic N) is 2. The molecule has 0 aliphatic carbocycles. The van der Waals surface area contributed by atoms with Gasteiger partial charge in [0.2, 0.25) is 0 Å². The fraction of sp³-hybridized carbons (Fsp3) is 0.500. The summed E-state index contributed by atoms with van der Waals surface area (Å²) in [6, 6.07) is 21.3. The van der Waals surface area contributed by atoms with Crippen LogP contribution in [0.15, 0.2) is 70.6 Å². The Morgan fingerprint density at radius 3 is 1.61 bits per heavy atom. The third-order valence-corrected chi connectivity index (χ3v) is 9.53. The van der Waals surface area contributed by atoms with Gasteiger partial charge in [-0.2, -0.15) is 0 Å². The highest BCUT2D eigenvalue weighted by molar-refractivity contribution is 6.60. The number of benzene rings is 2. The molecule has 2 atom stereocenters. The van der Waals surface area contributed by atoms with Crippen molar-refractivity contribution in [2.24, 2.45) is 15.9 Å². The van der Waals surface area contributed by atoms with Gasteiger partial charge in [0, 0.05) is 25.9 Å². The fourth-order valence-corrected chi connectivity index (χ4v) is 7.37. The third-order valence-electron chi connectivity index (χ3n) is 6.38.